The SMILES string of the molecule is O=C(c1cc(-c2ccc(F)cc2)nc(=O)[nH]1)N1CCN(Cc2ccccc2)CC1. The summed E-state index contributed by atoms with van der Waals surface area (Å²) in [5.41, 5.74) is 1.77. The van der Waals surface area contributed by atoms with Gasteiger partial charge in [-0.1, -0.05) is 30.3 Å². The third-order valence-electron chi connectivity index (χ3n) is 5.02. The van der Waals surface area contributed by atoms with E-state index in [9.17, 15) is 14.0 Å². The number of carbonyl (C=O) groups excluding carboxylic acids is 1. The number of amides is 1. The van der Waals surface area contributed by atoms with Crippen molar-refractivity contribution in [3.8, 4) is 11.3 Å². The molecule has 4 rings (SSSR count). The zero-order valence-electron chi connectivity index (χ0n) is 15.8. The molecule has 2 aromatic carbocycles. The van der Waals surface area contributed by atoms with Crippen LogP contribution in [0.3, 0.4) is 0 Å². The second-order valence-corrected chi connectivity index (χ2v) is 7.05. The van der Waals surface area contributed by atoms with Gasteiger partial charge in [-0.25, -0.2) is 9.18 Å². The number of aromatic amines is 1. The van der Waals surface area contributed by atoms with Crippen LogP contribution in [0.25, 0.3) is 11.3 Å². The van der Waals surface area contributed by atoms with Gasteiger partial charge in [0.15, 0.2) is 0 Å². The van der Waals surface area contributed by atoms with Crippen molar-refractivity contribution in [2.24, 2.45) is 0 Å². The summed E-state index contributed by atoms with van der Waals surface area (Å²) >= 11 is 0. The van der Waals surface area contributed by atoms with Gasteiger partial charge in [0, 0.05) is 38.3 Å². The van der Waals surface area contributed by atoms with Crippen molar-refractivity contribution in [1.82, 2.24) is 19.8 Å². The normalized spacial score (nSPS) is 14.7. The summed E-state index contributed by atoms with van der Waals surface area (Å²) in [4.78, 5) is 35.4. The van der Waals surface area contributed by atoms with Gasteiger partial charge >= 0.3 is 5.69 Å². The molecule has 7 heteroatoms. The fraction of sp³-hybridized carbons (Fsp3) is 0.227. The van der Waals surface area contributed by atoms with Crippen LogP contribution in [0, 0.1) is 5.82 Å². The highest BCUT2D eigenvalue weighted by Gasteiger charge is 2.23. The molecule has 0 spiro atoms. The Bertz CT molecular complexity index is 1040. The Balaban J connectivity index is 1.45. The Morgan fingerprint density at radius 3 is 2.38 bits per heavy atom. The van der Waals surface area contributed by atoms with Crippen molar-refractivity contribution in [2.45, 2.75) is 6.54 Å². The van der Waals surface area contributed by atoms with Crippen molar-refractivity contribution in [1.29, 1.82) is 0 Å². The first-order valence-corrected chi connectivity index (χ1v) is 9.51. The molecule has 2 heterocycles. The van der Waals surface area contributed by atoms with Crippen LogP contribution in [0.5, 0.6) is 0 Å². The van der Waals surface area contributed by atoms with Crippen molar-refractivity contribution in [3.05, 3.63) is 88.2 Å². The molecule has 0 atom stereocenters. The van der Waals surface area contributed by atoms with Crippen LogP contribution in [0.4, 0.5) is 4.39 Å². The van der Waals surface area contributed by atoms with Gasteiger partial charge in [0.1, 0.15) is 11.5 Å². The molecule has 0 unspecified atom stereocenters. The number of benzene rings is 2. The summed E-state index contributed by atoms with van der Waals surface area (Å²) in [6.45, 7) is 3.55. The van der Waals surface area contributed by atoms with E-state index in [1.165, 1.54) is 29.8 Å². The monoisotopic (exact) mass is 392 g/mol. The zero-order valence-corrected chi connectivity index (χ0v) is 15.8. The summed E-state index contributed by atoms with van der Waals surface area (Å²) < 4.78 is 13.1. The first kappa shape index (κ1) is 19.0. The molecule has 148 valence electrons. The number of nitrogens with zero attached hydrogens (tertiary/aromatic N) is 3. The molecule has 1 amide bonds. The molecule has 0 bridgehead atoms. The fourth-order valence-corrected chi connectivity index (χ4v) is 3.46. The first-order valence-electron chi connectivity index (χ1n) is 9.51. The topological polar surface area (TPSA) is 69.3 Å². The lowest BCUT2D eigenvalue weighted by molar-refractivity contribution is 0.0622. The average molecular weight is 392 g/mol. The highest BCUT2D eigenvalue weighted by molar-refractivity contribution is 5.93. The van der Waals surface area contributed by atoms with Crippen LogP contribution in [-0.4, -0.2) is 51.9 Å². The summed E-state index contributed by atoms with van der Waals surface area (Å²) in [5, 5.41) is 0. The number of carbonyl (C=O) groups is 1. The van der Waals surface area contributed by atoms with Crippen LogP contribution >= 0.6 is 0 Å². The van der Waals surface area contributed by atoms with Crippen molar-refractivity contribution >= 4 is 5.91 Å². The number of nitrogens with one attached hydrogen (secondary N) is 1. The van der Waals surface area contributed by atoms with Gasteiger partial charge in [0.25, 0.3) is 5.91 Å². The summed E-state index contributed by atoms with van der Waals surface area (Å²) in [6, 6.07) is 17.4. The third-order valence-corrected chi connectivity index (χ3v) is 5.02. The predicted molar refractivity (Wildman–Crippen MR) is 108 cm³/mol. The lowest BCUT2D eigenvalue weighted by Gasteiger charge is -2.34. The highest BCUT2D eigenvalue weighted by atomic mass is 19.1. The maximum Gasteiger partial charge on any atom is 0.346 e. The molecule has 3 aromatic rings. The van der Waals surface area contributed by atoms with E-state index < -0.39 is 5.69 Å². The van der Waals surface area contributed by atoms with E-state index in [0.717, 1.165) is 19.6 Å². The Morgan fingerprint density at radius 2 is 1.69 bits per heavy atom. The molecular weight excluding hydrogens is 371 g/mol. The van der Waals surface area contributed by atoms with Crippen molar-refractivity contribution in [2.75, 3.05) is 26.2 Å². The number of H-pyrrole nitrogens is 1. The van der Waals surface area contributed by atoms with Gasteiger partial charge < -0.3 is 9.88 Å². The molecule has 1 aromatic heterocycles. The number of aromatic nitrogens is 2. The molecule has 1 aliphatic rings. The number of rotatable bonds is 4. The Hall–Kier alpha value is -3.32. The van der Waals surface area contributed by atoms with Gasteiger partial charge in [-0.3, -0.25) is 9.69 Å². The van der Waals surface area contributed by atoms with Gasteiger partial charge in [-0.05, 0) is 35.9 Å². The standard InChI is InChI=1S/C22H21FN4O2/c23-18-8-6-17(7-9-18)19-14-20(25-22(29)24-19)21(28)27-12-10-26(11-13-27)15-16-4-2-1-3-5-16/h1-9,14H,10-13,15H2,(H,24,25,29). The van der Waals surface area contributed by atoms with Gasteiger partial charge in [0.05, 0.1) is 5.69 Å². The molecule has 29 heavy (non-hydrogen) atoms. The average Bonchev–Trinajstić information content (AvgIpc) is 2.74. The molecular formula is C22H21FN4O2. The summed E-state index contributed by atoms with van der Waals surface area (Å²) in [6.07, 6.45) is 0. The number of hydrogen-bond donors (Lipinski definition) is 1. The van der Waals surface area contributed by atoms with E-state index in [1.807, 2.05) is 18.2 Å². The van der Waals surface area contributed by atoms with Gasteiger partial charge in [-0.2, -0.15) is 4.98 Å². The van der Waals surface area contributed by atoms with E-state index in [2.05, 4.69) is 27.0 Å². The van der Waals surface area contributed by atoms with E-state index in [0.29, 0.717) is 24.3 Å². The zero-order chi connectivity index (χ0) is 20.2. The number of hydrogen-bond acceptors (Lipinski definition) is 4. The van der Waals surface area contributed by atoms with Crippen LogP contribution in [0.1, 0.15) is 16.1 Å². The van der Waals surface area contributed by atoms with Crippen LogP contribution < -0.4 is 5.69 Å². The molecule has 6 nitrogen and oxygen atoms in total. The first-order chi connectivity index (χ1) is 14.1. The molecule has 1 N–H and O–H groups in total. The van der Waals surface area contributed by atoms with E-state index >= 15 is 0 Å². The van der Waals surface area contributed by atoms with E-state index in [4.69, 9.17) is 0 Å². The lowest BCUT2D eigenvalue weighted by atomic mass is 10.1. The van der Waals surface area contributed by atoms with Gasteiger partial charge in [0.2, 0.25) is 0 Å². The van der Waals surface area contributed by atoms with Crippen molar-refractivity contribution in [3.63, 3.8) is 0 Å². The Labute approximate surface area is 167 Å². The molecule has 0 aliphatic carbocycles. The van der Waals surface area contributed by atoms with Gasteiger partial charge in [-0.15, -0.1) is 0 Å². The van der Waals surface area contributed by atoms with E-state index in [-0.39, 0.29) is 17.4 Å². The van der Waals surface area contributed by atoms with E-state index in [1.54, 1.807) is 11.0 Å². The maximum atomic E-state index is 13.1. The highest BCUT2D eigenvalue weighted by Crippen LogP contribution is 2.18. The molecule has 1 fully saturated rings. The second-order valence-electron chi connectivity index (χ2n) is 7.05. The molecule has 0 radical (unpaired) electrons. The predicted octanol–water partition coefficient (Wildman–Crippen LogP) is 2.53. The van der Waals surface area contributed by atoms with Crippen LogP contribution in [0.2, 0.25) is 0 Å². The van der Waals surface area contributed by atoms with Crippen LogP contribution in [0.15, 0.2) is 65.5 Å². The third kappa shape index (κ3) is 4.57. The number of piperazine rings is 1. The Morgan fingerprint density at radius 1 is 1.00 bits per heavy atom. The minimum absolute atomic E-state index is 0.195. The maximum absolute atomic E-state index is 13.1. The smallest absolute Gasteiger partial charge is 0.335 e. The minimum atomic E-state index is -0.599. The molecule has 1 aliphatic heterocycles. The van der Waals surface area contributed by atoms with Crippen LogP contribution in [-0.2, 0) is 6.54 Å². The quantitative estimate of drug-likeness (QED) is 0.741. The minimum Gasteiger partial charge on any atom is -0.335 e. The fourth-order valence-electron chi connectivity index (χ4n) is 3.46. The lowest BCUT2D eigenvalue weighted by Crippen LogP contribution is -2.48. The second kappa shape index (κ2) is 8.36. The van der Waals surface area contributed by atoms with Crippen molar-refractivity contribution < 1.29 is 9.18 Å². The summed E-state index contributed by atoms with van der Waals surface area (Å²) in [7, 11) is 0. The molecule has 0 saturated carbocycles. The number of halogens is 1. The largest absolute Gasteiger partial charge is 0.346 e. The Kier molecular flexibility index (Phi) is 5.48. The molecule has 1 saturated heterocycles. The summed E-state index contributed by atoms with van der Waals surface area (Å²) in [5.74, 6) is -0.601.